The van der Waals surface area contributed by atoms with Crippen LogP contribution in [0.4, 0.5) is 10.1 Å². The zero-order chi connectivity index (χ0) is 13.9. The first-order valence-corrected chi connectivity index (χ1v) is 7.98. The second kappa shape index (κ2) is 5.88. The van der Waals surface area contributed by atoms with E-state index in [4.69, 9.17) is 5.73 Å². The lowest BCUT2D eigenvalue weighted by Crippen LogP contribution is -2.11. The van der Waals surface area contributed by atoms with Crippen LogP contribution in [-0.4, -0.2) is 5.75 Å². The van der Waals surface area contributed by atoms with Gasteiger partial charge in [0.15, 0.2) is 0 Å². The summed E-state index contributed by atoms with van der Waals surface area (Å²) >= 11 is 1.72. The lowest BCUT2D eigenvalue weighted by molar-refractivity contribution is 0.596. The number of halogens is 1. The molecule has 0 saturated heterocycles. The van der Waals surface area contributed by atoms with E-state index >= 15 is 0 Å². The summed E-state index contributed by atoms with van der Waals surface area (Å²) in [6.45, 7) is 0. The monoisotopic (exact) mass is 287 g/mol. The van der Waals surface area contributed by atoms with E-state index in [9.17, 15) is 4.39 Å². The Bertz CT molecular complexity index is 612. The van der Waals surface area contributed by atoms with Gasteiger partial charge < -0.3 is 5.73 Å². The van der Waals surface area contributed by atoms with Crippen molar-refractivity contribution in [3.05, 3.63) is 59.4 Å². The van der Waals surface area contributed by atoms with Gasteiger partial charge in [-0.05, 0) is 54.5 Å². The van der Waals surface area contributed by atoms with E-state index in [2.05, 4.69) is 24.3 Å². The predicted molar refractivity (Wildman–Crippen MR) is 83.7 cm³/mol. The maximum atomic E-state index is 13.4. The molecule has 2 N–H and O–H groups in total. The minimum Gasteiger partial charge on any atom is -0.396 e. The molecule has 2 aromatic rings. The van der Waals surface area contributed by atoms with Crippen LogP contribution in [0, 0.1) is 5.82 Å². The first-order chi connectivity index (χ1) is 9.74. The van der Waals surface area contributed by atoms with Gasteiger partial charge in [0.25, 0.3) is 0 Å². The summed E-state index contributed by atoms with van der Waals surface area (Å²) in [6, 6.07) is 13.8. The molecule has 104 valence electrons. The van der Waals surface area contributed by atoms with Crippen molar-refractivity contribution >= 4 is 17.4 Å². The first-order valence-electron chi connectivity index (χ1n) is 6.99. The predicted octanol–water partition coefficient (Wildman–Crippen LogP) is 4.62. The number of hydrogen-bond acceptors (Lipinski definition) is 2. The number of thioether (sulfide) groups is 1. The van der Waals surface area contributed by atoms with Gasteiger partial charge >= 0.3 is 0 Å². The molecule has 1 aliphatic carbocycles. The Kier molecular flexibility index (Phi) is 3.97. The minimum atomic E-state index is -0.320. The normalized spacial score (nSPS) is 17.8. The lowest BCUT2D eigenvalue weighted by atomic mass is 9.84. The summed E-state index contributed by atoms with van der Waals surface area (Å²) in [5.41, 5.74) is 8.68. The minimum absolute atomic E-state index is 0.220. The summed E-state index contributed by atoms with van der Waals surface area (Å²) in [6.07, 6.45) is 3.66. The number of rotatable bonds is 3. The van der Waals surface area contributed by atoms with Gasteiger partial charge in [0.05, 0.1) is 5.69 Å². The fraction of sp³-hybridized carbons (Fsp3) is 0.294. The van der Waals surface area contributed by atoms with Gasteiger partial charge in [-0.15, -0.1) is 11.8 Å². The molecule has 1 atom stereocenters. The molecule has 0 saturated carbocycles. The van der Waals surface area contributed by atoms with Crippen LogP contribution in [0.25, 0.3) is 0 Å². The highest BCUT2D eigenvalue weighted by molar-refractivity contribution is 7.99. The number of benzene rings is 2. The largest absolute Gasteiger partial charge is 0.396 e. The molecule has 1 aliphatic rings. The summed E-state index contributed by atoms with van der Waals surface area (Å²) < 4.78 is 13.4. The molecule has 0 spiro atoms. The standard InChI is InChI=1S/C17H18FNS/c18-16-10-14(8-9-17(16)19)20-11-13-6-3-5-12-4-1-2-7-15(12)13/h1-2,4,7-10,13H,3,5-6,11,19H2. The number of nitrogen functional groups attached to an aromatic ring is 1. The third kappa shape index (κ3) is 2.83. The third-order valence-electron chi connectivity index (χ3n) is 3.92. The van der Waals surface area contributed by atoms with E-state index in [1.54, 1.807) is 17.8 Å². The van der Waals surface area contributed by atoms with Crippen LogP contribution in [0.3, 0.4) is 0 Å². The third-order valence-corrected chi connectivity index (χ3v) is 5.07. The van der Waals surface area contributed by atoms with Crippen LogP contribution >= 0.6 is 11.8 Å². The molecule has 0 aliphatic heterocycles. The van der Waals surface area contributed by atoms with Crippen LogP contribution in [-0.2, 0) is 6.42 Å². The van der Waals surface area contributed by atoms with Gasteiger partial charge in [-0.25, -0.2) is 4.39 Å². The maximum absolute atomic E-state index is 13.4. The highest BCUT2D eigenvalue weighted by Gasteiger charge is 2.19. The van der Waals surface area contributed by atoms with E-state index < -0.39 is 0 Å². The molecule has 0 radical (unpaired) electrons. The topological polar surface area (TPSA) is 26.0 Å². The Balaban J connectivity index is 1.71. The van der Waals surface area contributed by atoms with Crippen molar-refractivity contribution in [2.24, 2.45) is 0 Å². The van der Waals surface area contributed by atoms with Crippen molar-refractivity contribution in [1.29, 1.82) is 0 Å². The fourth-order valence-corrected chi connectivity index (χ4v) is 3.91. The van der Waals surface area contributed by atoms with Crippen molar-refractivity contribution in [2.75, 3.05) is 11.5 Å². The maximum Gasteiger partial charge on any atom is 0.147 e. The van der Waals surface area contributed by atoms with Crippen LogP contribution in [0.2, 0.25) is 0 Å². The van der Waals surface area contributed by atoms with Crippen molar-refractivity contribution < 1.29 is 4.39 Å². The molecule has 3 heteroatoms. The Morgan fingerprint density at radius 1 is 1.20 bits per heavy atom. The molecule has 2 aromatic carbocycles. The zero-order valence-electron chi connectivity index (χ0n) is 11.3. The molecule has 1 unspecified atom stereocenters. The Labute approximate surface area is 123 Å². The smallest absolute Gasteiger partial charge is 0.147 e. The average molecular weight is 287 g/mol. The van der Waals surface area contributed by atoms with E-state index in [1.165, 1.54) is 36.5 Å². The Morgan fingerprint density at radius 2 is 2.05 bits per heavy atom. The molecular formula is C17H18FNS. The second-order valence-corrected chi connectivity index (χ2v) is 6.38. The van der Waals surface area contributed by atoms with Gasteiger partial charge in [-0.1, -0.05) is 24.3 Å². The second-order valence-electron chi connectivity index (χ2n) is 5.28. The summed E-state index contributed by atoms with van der Waals surface area (Å²) in [4.78, 5) is 0.958. The van der Waals surface area contributed by atoms with Crippen molar-refractivity contribution in [2.45, 2.75) is 30.1 Å². The number of anilines is 1. The van der Waals surface area contributed by atoms with Gasteiger partial charge in [0, 0.05) is 10.6 Å². The molecule has 3 rings (SSSR count). The molecule has 0 aromatic heterocycles. The van der Waals surface area contributed by atoms with Crippen LogP contribution in [0.15, 0.2) is 47.4 Å². The van der Waals surface area contributed by atoms with E-state index in [-0.39, 0.29) is 11.5 Å². The average Bonchev–Trinajstić information content (AvgIpc) is 2.48. The zero-order valence-corrected chi connectivity index (χ0v) is 12.1. The summed E-state index contributed by atoms with van der Waals surface area (Å²) in [5.74, 6) is 1.25. The highest BCUT2D eigenvalue weighted by atomic mass is 32.2. The van der Waals surface area contributed by atoms with Gasteiger partial charge in [0.1, 0.15) is 5.82 Å². The summed E-state index contributed by atoms with van der Waals surface area (Å²) in [5, 5.41) is 0. The summed E-state index contributed by atoms with van der Waals surface area (Å²) in [7, 11) is 0. The molecule has 0 fully saturated rings. The quantitative estimate of drug-likeness (QED) is 0.658. The van der Waals surface area contributed by atoms with E-state index in [1.807, 2.05) is 6.07 Å². The van der Waals surface area contributed by atoms with Crippen LogP contribution in [0.1, 0.15) is 29.9 Å². The van der Waals surface area contributed by atoms with Crippen molar-refractivity contribution in [1.82, 2.24) is 0 Å². The van der Waals surface area contributed by atoms with E-state index in [0.717, 1.165) is 10.6 Å². The van der Waals surface area contributed by atoms with Crippen molar-refractivity contribution in [3.8, 4) is 0 Å². The van der Waals surface area contributed by atoms with Crippen LogP contribution in [0.5, 0.6) is 0 Å². The Hall–Kier alpha value is -1.48. The fourth-order valence-electron chi connectivity index (χ4n) is 2.82. The molecule has 0 bridgehead atoms. The van der Waals surface area contributed by atoms with Crippen molar-refractivity contribution in [3.63, 3.8) is 0 Å². The number of aryl methyl sites for hydroxylation is 1. The highest BCUT2D eigenvalue weighted by Crippen LogP contribution is 2.36. The number of hydrogen-bond donors (Lipinski definition) is 1. The molecule has 1 nitrogen and oxygen atoms in total. The Morgan fingerprint density at radius 3 is 2.90 bits per heavy atom. The first kappa shape index (κ1) is 13.5. The SMILES string of the molecule is Nc1ccc(SCC2CCCc3ccccc32)cc1F. The lowest BCUT2D eigenvalue weighted by Gasteiger charge is -2.25. The van der Waals surface area contributed by atoms with Crippen LogP contribution < -0.4 is 5.73 Å². The molecule has 20 heavy (non-hydrogen) atoms. The van der Waals surface area contributed by atoms with Gasteiger partial charge in [-0.3, -0.25) is 0 Å². The van der Waals surface area contributed by atoms with Gasteiger partial charge in [0.2, 0.25) is 0 Å². The number of nitrogens with two attached hydrogens (primary N) is 1. The van der Waals surface area contributed by atoms with E-state index in [0.29, 0.717) is 5.92 Å². The number of fused-ring (bicyclic) bond motifs is 1. The molecule has 0 amide bonds. The van der Waals surface area contributed by atoms with Gasteiger partial charge in [-0.2, -0.15) is 0 Å². The molecular weight excluding hydrogens is 269 g/mol. The molecule has 0 heterocycles.